The van der Waals surface area contributed by atoms with Gasteiger partial charge in [0.25, 0.3) is 0 Å². The van der Waals surface area contributed by atoms with E-state index in [9.17, 15) is 8.42 Å². The molecule has 2 rings (SSSR count). The lowest BCUT2D eigenvalue weighted by Gasteiger charge is -2.33. The van der Waals surface area contributed by atoms with E-state index in [2.05, 4.69) is 22.4 Å². The monoisotopic (exact) mass is 314 g/mol. The summed E-state index contributed by atoms with van der Waals surface area (Å²) < 4.78 is 27.5. The predicted octanol–water partition coefficient (Wildman–Crippen LogP) is 1.64. The number of nitrogens with one attached hydrogen (secondary N) is 2. The molecular formula is C14H26N4O2S. The number of sulfonamides is 1. The van der Waals surface area contributed by atoms with Gasteiger partial charge in [-0.05, 0) is 32.7 Å². The van der Waals surface area contributed by atoms with Crippen molar-refractivity contribution < 1.29 is 8.42 Å². The molecule has 0 amide bonds. The van der Waals surface area contributed by atoms with Crippen LogP contribution in [-0.2, 0) is 16.6 Å². The van der Waals surface area contributed by atoms with Crippen LogP contribution in [0.25, 0.3) is 0 Å². The van der Waals surface area contributed by atoms with Crippen molar-refractivity contribution in [1.82, 2.24) is 19.8 Å². The van der Waals surface area contributed by atoms with Gasteiger partial charge in [-0.15, -0.1) is 0 Å². The normalized spacial score (nSPS) is 23.7. The van der Waals surface area contributed by atoms with E-state index in [1.54, 1.807) is 25.3 Å². The highest BCUT2D eigenvalue weighted by molar-refractivity contribution is 7.89. The van der Waals surface area contributed by atoms with Gasteiger partial charge in [0.15, 0.2) is 0 Å². The molecule has 21 heavy (non-hydrogen) atoms. The van der Waals surface area contributed by atoms with Gasteiger partial charge in [-0.3, -0.25) is 5.10 Å². The average molecular weight is 314 g/mol. The molecule has 0 bridgehead atoms. The highest BCUT2D eigenvalue weighted by atomic mass is 32.2. The van der Waals surface area contributed by atoms with E-state index in [0.717, 1.165) is 19.3 Å². The predicted molar refractivity (Wildman–Crippen MR) is 82.5 cm³/mol. The molecule has 1 aliphatic rings. The van der Waals surface area contributed by atoms with Gasteiger partial charge in [-0.25, -0.2) is 8.42 Å². The van der Waals surface area contributed by atoms with Gasteiger partial charge in [0.05, 0.1) is 11.4 Å². The summed E-state index contributed by atoms with van der Waals surface area (Å²) in [6.07, 6.45) is 4.17. The van der Waals surface area contributed by atoms with Crippen LogP contribution in [0.3, 0.4) is 0 Å². The molecule has 0 saturated heterocycles. The summed E-state index contributed by atoms with van der Waals surface area (Å²) in [6, 6.07) is 0.0930. The topological polar surface area (TPSA) is 78.1 Å². The maximum atomic E-state index is 13.0. The van der Waals surface area contributed by atoms with Crippen molar-refractivity contribution in [2.24, 2.45) is 5.92 Å². The summed E-state index contributed by atoms with van der Waals surface area (Å²) >= 11 is 0. The van der Waals surface area contributed by atoms with Crippen LogP contribution >= 0.6 is 0 Å². The number of aromatic nitrogens is 2. The molecule has 1 fully saturated rings. The molecule has 0 spiro atoms. The van der Waals surface area contributed by atoms with Gasteiger partial charge in [-0.2, -0.15) is 9.40 Å². The molecule has 1 heterocycles. The number of hydrogen-bond acceptors (Lipinski definition) is 4. The molecule has 2 atom stereocenters. The minimum Gasteiger partial charge on any atom is -0.314 e. The SMILES string of the molecule is CNCc1n[nH]c(C)c1S(=O)(=O)N(C)C1CCCC(C)C1. The number of nitrogens with zero attached hydrogens (tertiary/aromatic N) is 2. The zero-order valence-corrected chi connectivity index (χ0v) is 14.1. The Kier molecular flexibility index (Phi) is 5.06. The lowest BCUT2D eigenvalue weighted by atomic mass is 9.87. The van der Waals surface area contributed by atoms with Crippen LogP contribution in [0.4, 0.5) is 0 Å². The maximum absolute atomic E-state index is 13.0. The average Bonchev–Trinajstić information content (AvgIpc) is 2.80. The Labute approximate surface area is 127 Å². The van der Waals surface area contributed by atoms with Crippen LogP contribution in [0.1, 0.15) is 44.0 Å². The van der Waals surface area contributed by atoms with Gasteiger partial charge < -0.3 is 5.32 Å². The third-order valence-corrected chi connectivity index (χ3v) is 6.48. The quantitative estimate of drug-likeness (QED) is 0.866. The maximum Gasteiger partial charge on any atom is 0.246 e. The highest BCUT2D eigenvalue weighted by Crippen LogP contribution is 2.31. The molecule has 1 aliphatic carbocycles. The van der Waals surface area contributed by atoms with Crippen molar-refractivity contribution in [3.63, 3.8) is 0 Å². The number of hydrogen-bond donors (Lipinski definition) is 2. The van der Waals surface area contributed by atoms with Crippen molar-refractivity contribution in [3.05, 3.63) is 11.4 Å². The number of rotatable bonds is 5. The third-order valence-electron chi connectivity index (χ3n) is 4.37. The van der Waals surface area contributed by atoms with Gasteiger partial charge in [-0.1, -0.05) is 19.8 Å². The van der Waals surface area contributed by atoms with E-state index in [0.29, 0.717) is 28.7 Å². The first-order chi connectivity index (χ1) is 9.87. The van der Waals surface area contributed by atoms with Gasteiger partial charge in [0.1, 0.15) is 4.90 Å². The Hall–Kier alpha value is -0.920. The van der Waals surface area contributed by atoms with Crippen LogP contribution in [0.5, 0.6) is 0 Å². The molecule has 7 heteroatoms. The molecule has 0 radical (unpaired) electrons. The zero-order valence-electron chi connectivity index (χ0n) is 13.3. The summed E-state index contributed by atoms with van der Waals surface area (Å²) in [5.74, 6) is 0.587. The lowest BCUT2D eigenvalue weighted by Crippen LogP contribution is -2.40. The van der Waals surface area contributed by atoms with Gasteiger partial charge in [0, 0.05) is 19.6 Å². The first-order valence-corrected chi connectivity index (χ1v) is 8.98. The van der Waals surface area contributed by atoms with Gasteiger partial charge in [0.2, 0.25) is 10.0 Å². The summed E-state index contributed by atoms with van der Waals surface area (Å²) in [5.41, 5.74) is 1.17. The molecule has 0 aliphatic heterocycles. The summed E-state index contributed by atoms with van der Waals surface area (Å²) in [4.78, 5) is 0.331. The summed E-state index contributed by atoms with van der Waals surface area (Å²) in [6.45, 7) is 4.40. The minimum atomic E-state index is -3.50. The van der Waals surface area contributed by atoms with Crippen LogP contribution in [0.15, 0.2) is 4.90 Å². The molecule has 0 aromatic carbocycles. The van der Waals surface area contributed by atoms with Crippen LogP contribution in [0.2, 0.25) is 0 Å². The van der Waals surface area contributed by atoms with E-state index < -0.39 is 10.0 Å². The Bertz CT molecular complexity index is 582. The lowest BCUT2D eigenvalue weighted by molar-refractivity contribution is 0.239. The molecule has 120 valence electrons. The van der Waals surface area contributed by atoms with E-state index in [1.807, 2.05) is 0 Å². The van der Waals surface area contributed by atoms with Crippen molar-refractivity contribution in [2.45, 2.75) is 57.0 Å². The Morgan fingerprint density at radius 2 is 2.14 bits per heavy atom. The van der Waals surface area contributed by atoms with Crippen LogP contribution in [-0.4, -0.2) is 43.1 Å². The second-order valence-corrected chi connectivity index (χ2v) is 8.04. The third kappa shape index (κ3) is 3.30. The molecule has 1 aromatic rings. The first kappa shape index (κ1) is 16.5. The smallest absolute Gasteiger partial charge is 0.246 e. The van der Waals surface area contributed by atoms with Crippen molar-refractivity contribution in [3.8, 4) is 0 Å². The Morgan fingerprint density at radius 1 is 1.43 bits per heavy atom. The second kappa shape index (κ2) is 6.46. The van der Waals surface area contributed by atoms with Crippen LogP contribution < -0.4 is 5.32 Å². The van der Waals surface area contributed by atoms with E-state index >= 15 is 0 Å². The van der Waals surface area contributed by atoms with Gasteiger partial charge >= 0.3 is 0 Å². The fourth-order valence-corrected chi connectivity index (χ4v) is 4.89. The Morgan fingerprint density at radius 3 is 2.76 bits per heavy atom. The number of H-pyrrole nitrogens is 1. The molecular weight excluding hydrogens is 288 g/mol. The highest BCUT2D eigenvalue weighted by Gasteiger charge is 2.34. The number of aryl methyl sites for hydroxylation is 1. The van der Waals surface area contributed by atoms with E-state index in [1.165, 1.54) is 6.42 Å². The van der Waals surface area contributed by atoms with Crippen LogP contribution in [0, 0.1) is 12.8 Å². The second-order valence-electron chi connectivity index (χ2n) is 6.10. The van der Waals surface area contributed by atoms with E-state index in [-0.39, 0.29) is 6.04 Å². The minimum absolute atomic E-state index is 0.0930. The first-order valence-electron chi connectivity index (χ1n) is 7.54. The summed E-state index contributed by atoms with van der Waals surface area (Å²) in [7, 11) is -0.0160. The van der Waals surface area contributed by atoms with Crippen molar-refractivity contribution in [1.29, 1.82) is 0 Å². The Balaban J connectivity index is 2.30. The van der Waals surface area contributed by atoms with Crippen molar-refractivity contribution in [2.75, 3.05) is 14.1 Å². The van der Waals surface area contributed by atoms with Crippen molar-refractivity contribution >= 4 is 10.0 Å². The molecule has 1 aromatic heterocycles. The fraction of sp³-hybridized carbons (Fsp3) is 0.786. The molecule has 6 nitrogen and oxygen atoms in total. The molecule has 2 unspecified atom stereocenters. The standard InChI is InChI=1S/C14H26N4O2S/c1-10-6-5-7-12(8-10)18(4)21(19,20)14-11(2)16-17-13(14)9-15-3/h10,12,15H,5-9H2,1-4H3,(H,16,17). The molecule has 2 N–H and O–H groups in total. The van der Waals surface area contributed by atoms with E-state index in [4.69, 9.17) is 0 Å². The summed E-state index contributed by atoms with van der Waals surface area (Å²) in [5, 5.41) is 9.89. The zero-order chi connectivity index (χ0) is 15.6. The largest absolute Gasteiger partial charge is 0.314 e. The fourth-order valence-electron chi connectivity index (χ4n) is 3.17. The molecule has 1 saturated carbocycles. The number of aromatic amines is 1.